The third-order valence-electron chi connectivity index (χ3n) is 4.23. The van der Waals surface area contributed by atoms with Gasteiger partial charge in [0.05, 0.1) is 6.04 Å². The number of aliphatic hydroxyl groups is 1. The van der Waals surface area contributed by atoms with Gasteiger partial charge in [-0.2, -0.15) is 0 Å². The van der Waals surface area contributed by atoms with Crippen molar-refractivity contribution < 1.29 is 24.2 Å². The predicted octanol–water partition coefficient (Wildman–Crippen LogP) is 1.06. The molecule has 112 valence electrons. The molecule has 4 aliphatic rings. The summed E-state index contributed by atoms with van der Waals surface area (Å²) in [6.07, 6.45) is 0.252. The number of fused-ring (bicyclic) bond motifs is 3. The van der Waals surface area contributed by atoms with Gasteiger partial charge in [-0.1, -0.05) is 0 Å². The first kappa shape index (κ1) is 13.8. The summed E-state index contributed by atoms with van der Waals surface area (Å²) in [6, 6.07) is -0.497. The van der Waals surface area contributed by atoms with Gasteiger partial charge in [-0.25, -0.2) is 4.79 Å². The van der Waals surface area contributed by atoms with Crippen LogP contribution in [-0.2, 0) is 14.3 Å². The zero-order valence-electron chi connectivity index (χ0n) is 12.0. The number of epoxide rings is 1. The minimum Gasteiger partial charge on any atom is -0.444 e. The molecule has 0 aromatic heterocycles. The number of amides is 1. The van der Waals surface area contributed by atoms with Crippen LogP contribution in [0.25, 0.3) is 0 Å². The largest absolute Gasteiger partial charge is 0.444 e. The molecule has 1 saturated carbocycles. The second-order valence-electron chi connectivity index (χ2n) is 6.88. The first-order chi connectivity index (χ1) is 9.28. The zero-order valence-corrected chi connectivity index (χ0v) is 12.0. The van der Waals surface area contributed by atoms with Crippen LogP contribution in [0.15, 0.2) is 0 Å². The second kappa shape index (κ2) is 4.43. The Morgan fingerprint density at radius 3 is 2.55 bits per heavy atom. The summed E-state index contributed by atoms with van der Waals surface area (Å²) in [6.45, 7) is 5.45. The van der Waals surface area contributed by atoms with Gasteiger partial charge in [0.2, 0.25) is 0 Å². The van der Waals surface area contributed by atoms with E-state index in [-0.39, 0.29) is 23.8 Å². The number of Topliss-reactive ketones (excluding diaryl/α,β-unsaturated/α-hetero) is 1. The highest BCUT2D eigenvalue weighted by Gasteiger charge is 2.59. The van der Waals surface area contributed by atoms with E-state index in [0.717, 1.165) is 12.8 Å². The van der Waals surface area contributed by atoms with Crippen molar-refractivity contribution in [2.24, 2.45) is 5.92 Å². The van der Waals surface area contributed by atoms with Crippen LogP contribution in [0.3, 0.4) is 0 Å². The molecule has 4 rings (SSSR count). The summed E-state index contributed by atoms with van der Waals surface area (Å²) in [4.78, 5) is 26.1. The Morgan fingerprint density at radius 2 is 2.05 bits per heavy atom. The smallest absolute Gasteiger partial charge is 0.410 e. The number of carbonyl (C=O) groups is 2. The summed E-state index contributed by atoms with van der Waals surface area (Å²) in [7, 11) is 0. The Balaban J connectivity index is 1.83. The molecule has 0 aromatic carbocycles. The molecule has 4 fully saturated rings. The van der Waals surface area contributed by atoms with Crippen LogP contribution in [0.2, 0.25) is 0 Å². The molecule has 6 heteroatoms. The maximum atomic E-state index is 12.4. The molecule has 1 aliphatic carbocycles. The number of rotatable bonds is 1. The molecular formula is C14H21NO5. The molecule has 3 aliphatic heterocycles. The van der Waals surface area contributed by atoms with Crippen molar-refractivity contribution in [3.63, 3.8) is 0 Å². The number of hydrogen-bond donors (Lipinski definition) is 1. The summed E-state index contributed by atoms with van der Waals surface area (Å²) < 4.78 is 10.6. The molecular weight excluding hydrogens is 262 g/mol. The second-order valence-corrected chi connectivity index (χ2v) is 6.88. The Hall–Kier alpha value is -1.14. The fraction of sp³-hybridized carbons (Fsp3) is 0.857. The van der Waals surface area contributed by atoms with Crippen LogP contribution in [0.4, 0.5) is 4.79 Å². The third kappa shape index (κ3) is 2.31. The van der Waals surface area contributed by atoms with E-state index < -0.39 is 24.1 Å². The van der Waals surface area contributed by atoms with E-state index in [1.165, 1.54) is 0 Å². The fourth-order valence-electron chi connectivity index (χ4n) is 3.39. The highest BCUT2D eigenvalue weighted by molar-refractivity contribution is 5.86. The van der Waals surface area contributed by atoms with Gasteiger partial charge in [0.25, 0.3) is 0 Å². The van der Waals surface area contributed by atoms with Gasteiger partial charge >= 0.3 is 6.09 Å². The molecule has 2 bridgehead atoms. The van der Waals surface area contributed by atoms with Gasteiger partial charge in [-0.15, -0.1) is 0 Å². The average Bonchev–Trinajstić information content (AvgIpc) is 3.03. The number of hydrogen-bond acceptors (Lipinski definition) is 5. The molecule has 1 amide bonds. The lowest BCUT2D eigenvalue weighted by Crippen LogP contribution is -2.63. The van der Waals surface area contributed by atoms with Crippen LogP contribution in [-0.4, -0.2) is 52.0 Å². The molecule has 0 spiro atoms. The van der Waals surface area contributed by atoms with Crippen molar-refractivity contribution in [1.82, 2.24) is 4.90 Å². The number of piperidine rings is 2. The van der Waals surface area contributed by atoms with Crippen molar-refractivity contribution in [2.45, 2.75) is 70.1 Å². The van der Waals surface area contributed by atoms with Gasteiger partial charge < -0.3 is 14.6 Å². The van der Waals surface area contributed by atoms with Crippen LogP contribution in [0.1, 0.15) is 40.0 Å². The topological polar surface area (TPSA) is 79.4 Å². The van der Waals surface area contributed by atoms with Crippen molar-refractivity contribution in [1.29, 1.82) is 0 Å². The van der Waals surface area contributed by atoms with Crippen molar-refractivity contribution in [3.8, 4) is 0 Å². The summed E-state index contributed by atoms with van der Waals surface area (Å²) in [5, 5.41) is 9.51. The number of carbonyl (C=O) groups excluding carboxylic acids is 2. The normalized spacial score (nSPS) is 39.9. The minimum atomic E-state index is -0.864. The molecule has 6 nitrogen and oxygen atoms in total. The minimum absolute atomic E-state index is 0.122. The van der Waals surface area contributed by atoms with Gasteiger partial charge in [0, 0.05) is 18.4 Å². The third-order valence-corrected chi connectivity index (χ3v) is 4.23. The van der Waals surface area contributed by atoms with E-state index >= 15 is 0 Å². The molecule has 20 heavy (non-hydrogen) atoms. The molecule has 5 atom stereocenters. The fourth-order valence-corrected chi connectivity index (χ4v) is 3.39. The van der Waals surface area contributed by atoms with Crippen molar-refractivity contribution in [2.75, 3.05) is 0 Å². The van der Waals surface area contributed by atoms with Crippen LogP contribution in [0, 0.1) is 5.92 Å². The Morgan fingerprint density at radius 1 is 1.40 bits per heavy atom. The highest BCUT2D eigenvalue weighted by Crippen LogP contribution is 2.44. The van der Waals surface area contributed by atoms with Gasteiger partial charge in [-0.3, -0.25) is 9.69 Å². The molecule has 3 saturated heterocycles. The molecule has 0 aromatic rings. The molecule has 0 radical (unpaired) electrons. The Labute approximate surface area is 118 Å². The first-order valence-electron chi connectivity index (χ1n) is 7.15. The van der Waals surface area contributed by atoms with Crippen LogP contribution in [0.5, 0.6) is 0 Å². The lowest BCUT2D eigenvalue weighted by molar-refractivity contribution is -0.137. The van der Waals surface area contributed by atoms with Gasteiger partial charge in [-0.05, 0) is 33.6 Å². The van der Waals surface area contributed by atoms with E-state index in [4.69, 9.17) is 9.47 Å². The average molecular weight is 283 g/mol. The van der Waals surface area contributed by atoms with E-state index in [1.54, 1.807) is 4.90 Å². The van der Waals surface area contributed by atoms with Crippen LogP contribution < -0.4 is 0 Å². The lowest BCUT2D eigenvalue weighted by Gasteiger charge is -2.49. The molecule has 1 unspecified atom stereocenters. The van der Waals surface area contributed by atoms with Crippen molar-refractivity contribution in [3.05, 3.63) is 0 Å². The maximum absolute atomic E-state index is 12.4. The van der Waals surface area contributed by atoms with E-state index in [9.17, 15) is 14.7 Å². The van der Waals surface area contributed by atoms with E-state index in [2.05, 4.69) is 0 Å². The number of nitrogens with zero attached hydrogens (tertiary/aromatic N) is 1. The SMILES string of the molecule is CC(C)(C)OC(=O)N1[C@H]2CC[C@H](C(=O)C2)[C@H]1C1O[C@@H]1O. The first-order valence-corrected chi connectivity index (χ1v) is 7.15. The summed E-state index contributed by atoms with van der Waals surface area (Å²) in [5.74, 6) is -0.0524. The predicted molar refractivity (Wildman–Crippen MR) is 68.9 cm³/mol. The van der Waals surface area contributed by atoms with Gasteiger partial charge in [0.15, 0.2) is 6.29 Å². The monoisotopic (exact) mass is 283 g/mol. The van der Waals surface area contributed by atoms with E-state index in [0.29, 0.717) is 6.42 Å². The summed E-state index contributed by atoms with van der Waals surface area (Å²) >= 11 is 0. The molecule has 1 N–H and O–H groups in total. The Kier molecular flexibility index (Phi) is 3.06. The Bertz CT molecular complexity index is 443. The van der Waals surface area contributed by atoms with Gasteiger partial charge in [0.1, 0.15) is 17.5 Å². The number of ether oxygens (including phenoxy) is 2. The van der Waals surface area contributed by atoms with Crippen molar-refractivity contribution >= 4 is 11.9 Å². The van der Waals surface area contributed by atoms with E-state index in [1.807, 2.05) is 20.8 Å². The standard InChI is InChI=1S/C14H21NO5/c1-14(2,3)20-13(18)15-7-4-5-8(9(16)6-7)10(15)11-12(17)19-11/h7-8,10-12,17H,4-6H2,1-3H3/t7-,8+,10-,11?,12-/m0/s1. The zero-order chi connectivity index (χ0) is 14.7. The molecule has 3 heterocycles. The maximum Gasteiger partial charge on any atom is 0.410 e. The van der Waals surface area contributed by atoms with Crippen LogP contribution >= 0.6 is 0 Å². The highest BCUT2D eigenvalue weighted by atomic mass is 16.7. The lowest BCUT2D eigenvalue weighted by atomic mass is 9.73. The summed E-state index contributed by atoms with van der Waals surface area (Å²) in [5.41, 5.74) is -0.578. The quantitative estimate of drug-likeness (QED) is 0.728. The number of ketones is 1. The number of aliphatic hydroxyl groups excluding tert-OH is 1.